The summed E-state index contributed by atoms with van der Waals surface area (Å²) in [6.07, 6.45) is 2.69. The third-order valence-electron chi connectivity index (χ3n) is 4.43. The van der Waals surface area contributed by atoms with Gasteiger partial charge >= 0.3 is 0 Å². The molecule has 21 heavy (non-hydrogen) atoms. The van der Waals surface area contributed by atoms with Crippen molar-refractivity contribution in [2.24, 2.45) is 0 Å². The van der Waals surface area contributed by atoms with Crippen molar-refractivity contribution in [3.8, 4) is 0 Å². The maximum Gasteiger partial charge on any atom is 0.0594 e. The van der Waals surface area contributed by atoms with Gasteiger partial charge in [-0.2, -0.15) is 11.8 Å². The molecule has 2 fully saturated rings. The first-order chi connectivity index (χ1) is 10.4. The normalized spacial score (nSPS) is 25.6. The standard InChI is InChI=1S/C17H26N2OS/c1-2-5-15(6-3-1)17(19-8-10-20-11-9-19)13-18-16-7-4-12-21-14-16/h1-3,5-6,16-18H,4,7-14H2/t16-,17-/m0/s1. The smallest absolute Gasteiger partial charge is 0.0594 e. The Labute approximate surface area is 132 Å². The number of nitrogens with one attached hydrogen (secondary N) is 1. The first-order valence-electron chi connectivity index (χ1n) is 8.11. The summed E-state index contributed by atoms with van der Waals surface area (Å²) in [5.74, 6) is 2.61. The van der Waals surface area contributed by atoms with E-state index >= 15 is 0 Å². The van der Waals surface area contributed by atoms with Crippen molar-refractivity contribution >= 4 is 11.8 Å². The second-order valence-corrected chi connectivity index (χ2v) is 7.05. The van der Waals surface area contributed by atoms with Crippen LogP contribution in [0.5, 0.6) is 0 Å². The van der Waals surface area contributed by atoms with Crippen LogP contribution in [0.1, 0.15) is 24.4 Å². The molecule has 116 valence electrons. The lowest BCUT2D eigenvalue weighted by molar-refractivity contribution is 0.0157. The number of benzene rings is 1. The first kappa shape index (κ1) is 15.3. The third-order valence-corrected chi connectivity index (χ3v) is 5.65. The predicted molar refractivity (Wildman–Crippen MR) is 89.9 cm³/mol. The SMILES string of the molecule is c1ccc([C@H](CN[C@H]2CCCSC2)N2CCOCC2)cc1. The minimum Gasteiger partial charge on any atom is -0.379 e. The van der Waals surface area contributed by atoms with Crippen LogP contribution >= 0.6 is 11.8 Å². The molecule has 0 aliphatic carbocycles. The molecule has 0 bridgehead atoms. The summed E-state index contributed by atoms with van der Waals surface area (Å²) in [5, 5.41) is 3.81. The molecular formula is C17H26N2OS. The second kappa shape index (κ2) is 8.18. The Balaban J connectivity index is 1.63. The monoisotopic (exact) mass is 306 g/mol. The highest BCUT2D eigenvalue weighted by molar-refractivity contribution is 7.99. The van der Waals surface area contributed by atoms with Crippen LogP contribution < -0.4 is 5.32 Å². The summed E-state index contributed by atoms with van der Waals surface area (Å²) < 4.78 is 5.51. The summed E-state index contributed by atoms with van der Waals surface area (Å²) in [6.45, 7) is 4.86. The van der Waals surface area contributed by atoms with E-state index in [1.165, 1.54) is 29.9 Å². The van der Waals surface area contributed by atoms with Crippen LogP contribution in [0.3, 0.4) is 0 Å². The molecule has 0 amide bonds. The number of ether oxygens (including phenoxy) is 1. The molecule has 2 atom stereocenters. The van der Waals surface area contributed by atoms with Crippen LogP contribution in [-0.2, 0) is 4.74 Å². The number of hydrogen-bond donors (Lipinski definition) is 1. The highest BCUT2D eigenvalue weighted by Gasteiger charge is 2.23. The van der Waals surface area contributed by atoms with Gasteiger partial charge < -0.3 is 10.1 Å². The molecular weight excluding hydrogens is 280 g/mol. The zero-order valence-electron chi connectivity index (χ0n) is 12.7. The molecule has 3 nitrogen and oxygen atoms in total. The molecule has 1 N–H and O–H groups in total. The largest absolute Gasteiger partial charge is 0.379 e. The quantitative estimate of drug-likeness (QED) is 0.903. The van der Waals surface area contributed by atoms with Crippen LogP contribution in [0.4, 0.5) is 0 Å². The Morgan fingerprint density at radius 3 is 2.76 bits per heavy atom. The molecule has 0 saturated carbocycles. The van der Waals surface area contributed by atoms with E-state index in [1.807, 2.05) is 0 Å². The van der Waals surface area contributed by atoms with Crippen molar-refractivity contribution < 1.29 is 4.74 Å². The van der Waals surface area contributed by atoms with Gasteiger partial charge in [0.2, 0.25) is 0 Å². The lowest BCUT2D eigenvalue weighted by Crippen LogP contribution is -2.45. The van der Waals surface area contributed by atoms with Crippen LogP contribution in [0.25, 0.3) is 0 Å². The number of morpholine rings is 1. The Morgan fingerprint density at radius 2 is 2.05 bits per heavy atom. The van der Waals surface area contributed by atoms with Gasteiger partial charge in [-0.3, -0.25) is 4.90 Å². The average Bonchev–Trinajstić information content (AvgIpc) is 2.58. The van der Waals surface area contributed by atoms with Gasteiger partial charge in [-0.15, -0.1) is 0 Å². The van der Waals surface area contributed by atoms with E-state index in [0.29, 0.717) is 12.1 Å². The zero-order valence-corrected chi connectivity index (χ0v) is 13.5. The highest BCUT2D eigenvalue weighted by atomic mass is 32.2. The van der Waals surface area contributed by atoms with Crippen LogP contribution in [0, 0.1) is 0 Å². The number of hydrogen-bond acceptors (Lipinski definition) is 4. The van der Waals surface area contributed by atoms with E-state index in [2.05, 4.69) is 52.3 Å². The molecule has 2 aliphatic rings. The van der Waals surface area contributed by atoms with Crippen molar-refractivity contribution in [3.05, 3.63) is 35.9 Å². The maximum atomic E-state index is 5.51. The Kier molecular flexibility index (Phi) is 5.98. The average molecular weight is 306 g/mol. The van der Waals surface area contributed by atoms with E-state index < -0.39 is 0 Å². The third kappa shape index (κ3) is 4.46. The van der Waals surface area contributed by atoms with Gasteiger partial charge in [0, 0.05) is 37.5 Å². The summed E-state index contributed by atoms with van der Waals surface area (Å²) in [6, 6.07) is 12.1. The van der Waals surface area contributed by atoms with E-state index in [-0.39, 0.29) is 0 Å². The topological polar surface area (TPSA) is 24.5 Å². The molecule has 2 saturated heterocycles. The van der Waals surface area contributed by atoms with Gasteiger partial charge in [0.25, 0.3) is 0 Å². The van der Waals surface area contributed by atoms with Gasteiger partial charge in [-0.1, -0.05) is 30.3 Å². The Bertz CT molecular complexity index is 403. The minimum atomic E-state index is 0.474. The van der Waals surface area contributed by atoms with E-state index in [1.54, 1.807) is 0 Å². The van der Waals surface area contributed by atoms with Gasteiger partial charge in [-0.25, -0.2) is 0 Å². The van der Waals surface area contributed by atoms with Crippen LogP contribution in [-0.4, -0.2) is 55.3 Å². The van der Waals surface area contributed by atoms with E-state index in [0.717, 1.165) is 32.8 Å². The predicted octanol–water partition coefficient (Wildman–Crippen LogP) is 2.55. The summed E-state index contributed by atoms with van der Waals surface area (Å²) in [7, 11) is 0. The Morgan fingerprint density at radius 1 is 1.24 bits per heavy atom. The Hall–Kier alpha value is -0.550. The maximum absolute atomic E-state index is 5.51. The molecule has 2 aliphatic heterocycles. The fraction of sp³-hybridized carbons (Fsp3) is 0.647. The second-order valence-electron chi connectivity index (χ2n) is 5.90. The number of thioether (sulfide) groups is 1. The van der Waals surface area contributed by atoms with E-state index in [4.69, 9.17) is 4.74 Å². The molecule has 0 radical (unpaired) electrons. The number of rotatable bonds is 5. The molecule has 0 spiro atoms. The molecule has 3 rings (SSSR count). The fourth-order valence-corrected chi connectivity index (χ4v) is 4.31. The highest BCUT2D eigenvalue weighted by Crippen LogP contribution is 2.23. The van der Waals surface area contributed by atoms with Gasteiger partial charge in [0.1, 0.15) is 0 Å². The van der Waals surface area contributed by atoms with Gasteiger partial charge in [0.15, 0.2) is 0 Å². The molecule has 0 unspecified atom stereocenters. The van der Waals surface area contributed by atoms with Crippen molar-refractivity contribution in [1.82, 2.24) is 10.2 Å². The van der Waals surface area contributed by atoms with Crippen LogP contribution in [0.15, 0.2) is 30.3 Å². The van der Waals surface area contributed by atoms with Gasteiger partial charge in [-0.05, 0) is 24.2 Å². The first-order valence-corrected chi connectivity index (χ1v) is 9.27. The molecule has 1 aromatic rings. The summed E-state index contributed by atoms with van der Waals surface area (Å²) in [4.78, 5) is 2.57. The van der Waals surface area contributed by atoms with Crippen molar-refractivity contribution in [3.63, 3.8) is 0 Å². The lowest BCUT2D eigenvalue weighted by Gasteiger charge is -2.36. The number of nitrogens with zero attached hydrogens (tertiary/aromatic N) is 1. The van der Waals surface area contributed by atoms with Crippen molar-refractivity contribution in [2.45, 2.75) is 24.9 Å². The molecule has 1 aromatic carbocycles. The van der Waals surface area contributed by atoms with Gasteiger partial charge in [0.05, 0.1) is 13.2 Å². The summed E-state index contributed by atoms with van der Waals surface area (Å²) in [5.41, 5.74) is 1.43. The van der Waals surface area contributed by atoms with E-state index in [9.17, 15) is 0 Å². The molecule has 0 aromatic heterocycles. The summed E-state index contributed by atoms with van der Waals surface area (Å²) >= 11 is 2.09. The van der Waals surface area contributed by atoms with Crippen molar-refractivity contribution in [2.75, 3.05) is 44.4 Å². The van der Waals surface area contributed by atoms with Crippen molar-refractivity contribution in [1.29, 1.82) is 0 Å². The van der Waals surface area contributed by atoms with Crippen LogP contribution in [0.2, 0.25) is 0 Å². The fourth-order valence-electron chi connectivity index (χ4n) is 3.20. The lowest BCUT2D eigenvalue weighted by atomic mass is 10.0. The zero-order chi connectivity index (χ0) is 14.3. The molecule has 4 heteroatoms. The molecule has 2 heterocycles. The minimum absolute atomic E-state index is 0.474.